The summed E-state index contributed by atoms with van der Waals surface area (Å²) in [7, 11) is 0. The van der Waals surface area contributed by atoms with Gasteiger partial charge < -0.3 is 23.5 Å². The molecule has 0 saturated carbocycles. The second-order valence-electron chi connectivity index (χ2n) is 0. The van der Waals surface area contributed by atoms with Gasteiger partial charge in [0.1, 0.15) is 0 Å². The van der Waals surface area contributed by atoms with Crippen molar-refractivity contribution in [2.24, 2.45) is 0 Å². The molecule has 0 aromatic heterocycles. The molecule has 0 aliphatic carbocycles. The van der Waals surface area contributed by atoms with E-state index in [9.17, 15) is 0 Å². The number of halogens is 5. The minimum atomic E-state index is 0. The zero-order chi connectivity index (χ0) is 0. The fraction of sp³-hybridized carbons (Fsp3) is 0. The maximum atomic E-state index is 0. The molecule has 0 rings (SSSR count). The maximum Gasteiger partial charge on any atom is 3.00 e. The van der Waals surface area contributed by atoms with Gasteiger partial charge in [-0.1, -0.05) is 0 Å². The first-order chi connectivity index (χ1) is 0. The predicted octanol–water partition coefficient (Wildman–Crippen LogP) is -15.4. The van der Waals surface area contributed by atoms with E-state index in [1.54, 1.807) is 0 Å². The van der Waals surface area contributed by atoms with Crippen LogP contribution in [-0.2, 0) is 0 Å². The van der Waals surface area contributed by atoms with Crippen molar-refractivity contribution in [3.8, 4) is 0 Å². The van der Waals surface area contributed by atoms with Gasteiger partial charge in [-0.05, 0) is 0 Å². The third-order valence-electron chi connectivity index (χ3n) is 0. The Kier molecular flexibility index (Phi) is 1290. The zero-order valence-electron chi connectivity index (χ0n) is 3.17. The summed E-state index contributed by atoms with van der Waals surface area (Å²) in [6, 6.07) is 0. The average molecular weight is 371 g/mol. The first kappa shape index (κ1) is 114. The van der Waals surface area contributed by atoms with E-state index < -0.39 is 0 Å². The van der Waals surface area contributed by atoms with Crippen LogP contribution in [0.3, 0.4) is 0 Å². The molecule has 0 aliphatic rings. The van der Waals surface area contributed by atoms with Crippen LogP contribution < -0.4 is 23.5 Å². The van der Waals surface area contributed by atoms with Crippen LogP contribution in [0.1, 0.15) is 0 Å². The average Bonchev–Trinajstić information content (AvgIpc) is 0. The van der Waals surface area contributed by atoms with Crippen LogP contribution in [-0.4, -0.2) is 48.9 Å². The molecule has 0 unspecified atom stereocenters. The van der Waals surface area contributed by atoms with Gasteiger partial charge in [-0.2, -0.15) is 0 Å². The molecule has 7 heteroatoms. The van der Waals surface area contributed by atoms with Crippen LogP contribution in [0.4, 0.5) is 0 Å². The Balaban J connectivity index is 0. The molecule has 0 bridgehead atoms. The zero-order valence-corrected chi connectivity index (χ0v) is 11.2. The first-order valence-electron chi connectivity index (χ1n) is 0. The molecule has 0 amide bonds. The van der Waals surface area contributed by atoms with E-state index in [-0.39, 0.29) is 108 Å². The Hall–Kier alpha value is 2.42. The van der Waals surface area contributed by atoms with Crippen molar-refractivity contribution in [3.05, 3.63) is 0 Å². The fourth-order valence-corrected chi connectivity index (χ4v) is 0. The van der Waals surface area contributed by atoms with Gasteiger partial charge in [-0.25, -0.2) is 0 Å². The van der Waals surface area contributed by atoms with Crippen molar-refractivity contribution in [3.63, 3.8) is 0 Å². The summed E-state index contributed by atoms with van der Waals surface area (Å²) in [6.45, 7) is 0. The van der Waals surface area contributed by atoms with Gasteiger partial charge >= 0.3 is 84.5 Å². The number of rotatable bonds is 0. The minimum Gasteiger partial charge on any atom is -1.00 e. The Morgan fingerprint density at radius 1 is 0.429 bits per heavy atom. The summed E-state index contributed by atoms with van der Waals surface area (Å²) in [4.78, 5) is 0. The van der Waals surface area contributed by atoms with Crippen LogP contribution in [0.5, 0.6) is 0 Å². The van der Waals surface area contributed by atoms with Gasteiger partial charge in [-0.3, -0.25) is 0 Å². The van der Waals surface area contributed by atoms with Gasteiger partial charge in [0.2, 0.25) is 0 Å². The molecule has 0 atom stereocenters. The van der Waals surface area contributed by atoms with Crippen molar-refractivity contribution in [2.45, 2.75) is 0 Å². The van der Waals surface area contributed by atoms with Gasteiger partial charge in [0.15, 0.2) is 0 Å². The molecule has 0 N–H and O–H groups in total. The van der Waals surface area contributed by atoms with Crippen LogP contribution >= 0.6 is 0 Å². The van der Waals surface area contributed by atoms with E-state index in [0.717, 1.165) is 0 Å². The van der Waals surface area contributed by atoms with Gasteiger partial charge in [-0.15, -0.1) is 0 Å². The largest absolute Gasteiger partial charge is 3.00 e. The standard InChI is InChI=1S/Ba.5FH.La/h;5*1H;/q+2;;;;;;+3/p-5. The summed E-state index contributed by atoms with van der Waals surface area (Å²) in [5, 5.41) is 0. The monoisotopic (exact) mass is 372 g/mol. The van der Waals surface area contributed by atoms with E-state index in [1.807, 2.05) is 0 Å². The van der Waals surface area contributed by atoms with Gasteiger partial charge in [0, 0.05) is 0 Å². The van der Waals surface area contributed by atoms with Gasteiger partial charge in [0.25, 0.3) is 0 Å². The third-order valence-corrected chi connectivity index (χ3v) is 0. The summed E-state index contributed by atoms with van der Waals surface area (Å²) in [5.41, 5.74) is 0. The van der Waals surface area contributed by atoms with Crippen molar-refractivity contribution in [1.29, 1.82) is 0 Å². The molecule has 0 aliphatic heterocycles. The van der Waals surface area contributed by atoms with Crippen LogP contribution in [0.2, 0.25) is 0 Å². The molecular weight excluding hydrogens is 371 g/mol. The Morgan fingerprint density at radius 2 is 0.429 bits per heavy atom. The Bertz CT molecular complexity index is 8.04. The quantitative estimate of drug-likeness (QED) is 0.293. The molecule has 0 fully saturated rings. The third kappa shape index (κ3) is 59.3. The van der Waals surface area contributed by atoms with Crippen molar-refractivity contribution < 1.29 is 59.1 Å². The molecule has 7 heavy (non-hydrogen) atoms. The van der Waals surface area contributed by atoms with E-state index in [2.05, 4.69) is 0 Å². The van der Waals surface area contributed by atoms with Crippen LogP contribution in [0.15, 0.2) is 0 Å². The first-order valence-corrected chi connectivity index (χ1v) is 0. The van der Waals surface area contributed by atoms with E-state index in [4.69, 9.17) is 0 Å². The second-order valence-corrected chi connectivity index (χ2v) is 0. The van der Waals surface area contributed by atoms with Crippen LogP contribution in [0.25, 0.3) is 0 Å². The van der Waals surface area contributed by atoms with Crippen molar-refractivity contribution in [2.75, 3.05) is 0 Å². The number of hydrogen-bond donors (Lipinski definition) is 0. The molecule has 0 nitrogen and oxygen atoms in total. The molecule has 0 aromatic carbocycles. The summed E-state index contributed by atoms with van der Waals surface area (Å²) in [5.74, 6) is 0. The smallest absolute Gasteiger partial charge is 1.00 e. The molecule has 0 saturated heterocycles. The maximum absolute atomic E-state index is 0. The minimum absolute atomic E-state index is 0. The Labute approximate surface area is 106 Å². The van der Waals surface area contributed by atoms with Crippen LogP contribution in [0, 0.1) is 35.6 Å². The molecule has 40 valence electrons. The number of hydrogen-bond acceptors (Lipinski definition) is 0. The van der Waals surface area contributed by atoms with Crippen molar-refractivity contribution >= 4 is 48.9 Å². The molecule has 0 heterocycles. The van der Waals surface area contributed by atoms with E-state index in [0.29, 0.717) is 0 Å². The fourth-order valence-electron chi connectivity index (χ4n) is 0. The summed E-state index contributed by atoms with van der Waals surface area (Å²) >= 11 is 0. The SMILES string of the molecule is [Ba+2].[F-].[F-].[F-].[F-].[F-].[La+3]. The molecule has 0 spiro atoms. The Morgan fingerprint density at radius 3 is 0.429 bits per heavy atom. The van der Waals surface area contributed by atoms with Gasteiger partial charge in [0.05, 0.1) is 0 Å². The summed E-state index contributed by atoms with van der Waals surface area (Å²) in [6.07, 6.45) is 0. The molecular formula is BaF5La. The predicted molar refractivity (Wildman–Crippen MR) is 5.75 cm³/mol. The molecule has 0 radical (unpaired) electrons. The van der Waals surface area contributed by atoms with E-state index >= 15 is 0 Å². The molecule has 0 aromatic rings. The van der Waals surface area contributed by atoms with E-state index in [1.165, 1.54) is 0 Å². The topological polar surface area (TPSA) is 0 Å². The summed E-state index contributed by atoms with van der Waals surface area (Å²) < 4.78 is 0. The second kappa shape index (κ2) is 79.3. The normalized spacial score (nSPS) is 0. The van der Waals surface area contributed by atoms with Crippen molar-refractivity contribution in [1.82, 2.24) is 0 Å².